The van der Waals surface area contributed by atoms with Crippen molar-refractivity contribution in [1.29, 1.82) is 0 Å². The van der Waals surface area contributed by atoms with E-state index in [1.807, 2.05) is 17.5 Å². The number of anilines is 1. The number of carbonyl (C=O) groups excluding carboxylic acids is 1. The second-order valence-corrected chi connectivity index (χ2v) is 7.66. The van der Waals surface area contributed by atoms with Crippen LogP contribution >= 0.6 is 11.3 Å². The highest BCUT2D eigenvalue weighted by Crippen LogP contribution is 2.25. The Morgan fingerprint density at radius 3 is 2.72 bits per heavy atom. The van der Waals surface area contributed by atoms with Crippen molar-refractivity contribution in [1.82, 2.24) is 14.9 Å². The molecule has 1 aliphatic heterocycles. The van der Waals surface area contributed by atoms with Crippen LogP contribution in [0.15, 0.2) is 53.5 Å². The van der Waals surface area contributed by atoms with Crippen molar-refractivity contribution in [3.8, 4) is 11.1 Å². The van der Waals surface area contributed by atoms with Gasteiger partial charge in [0.15, 0.2) is 0 Å². The number of thiazole rings is 1. The Hall–Kier alpha value is -3.00. The molecule has 3 aromatic rings. The Kier molecular flexibility index (Phi) is 5.71. The van der Waals surface area contributed by atoms with Gasteiger partial charge in [-0.15, -0.1) is 11.3 Å². The minimum atomic E-state index is -0.343. The summed E-state index contributed by atoms with van der Waals surface area (Å²) in [6.45, 7) is 1.71. The van der Waals surface area contributed by atoms with E-state index in [0.717, 1.165) is 35.6 Å². The number of amides is 1. The SMILES string of the molecule is CN(C(=O)OCc1cscn1)C1CCN(c2ccc(-c3ccc(F)cc3)cn2)C1. The molecule has 0 radical (unpaired) electrons. The third kappa shape index (κ3) is 4.54. The predicted molar refractivity (Wildman–Crippen MR) is 110 cm³/mol. The number of likely N-dealkylation sites (N-methyl/N-ethyl adjacent to an activating group) is 1. The lowest BCUT2D eigenvalue weighted by molar-refractivity contribution is 0.0929. The molecule has 1 aliphatic rings. The first-order valence-corrected chi connectivity index (χ1v) is 10.3. The zero-order valence-corrected chi connectivity index (χ0v) is 16.8. The van der Waals surface area contributed by atoms with E-state index in [9.17, 15) is 9.18 Å². The van der Waals surface area contributed by atoms with E-state index in [2.05, 4.69) is 14.9 Å². The topological polar surface area (TPSA) is 58.6 Å². The number of benzene rings is 1. The van der Waals surface area contributed by atoms with Gasteiger partial charge >= 0.3 is 6.09 Å². The van der Waals surface area contributed by atoms with Crippen LogP contribution in [0.3, 0.4) is 0 Å². The Balaban J connectivity index is 1.34. The summed E-state index contributed by atoms with van der Waals surface area (Å²) in [6.07, 6.45) is 2.30. The van der Waals surface area contributed by atoms with Gasteiger partial charge in [-0.25, -0.2) is 19.2 Å². The number of nitrogens with zero attached hydrogens (tertiary/aromatic N) is 4. The fourth-order valence-corrected chi connectivity index (χ4v) is 3.89. The molecule has 0 spiro atoms. The van der Waals surface area contributed by atoms with Crippen LogP contribution in [-0.4, -0.2) is 47.1 Å². The molecule has 4 rings (SSSR count). The number of ether oxygens (including phenoxy) is 1. The molecular weight excluding hydrogens is 391 g/mol. The van der Waals surface area contributed by atoms with Gasteiger partial charge in [0.2, 0.25) is 0 Å². The quantitative estimate of drug-likeness (QED) is 0.629. The summed E-state index contributed by atoms with van der Waals surface area (Å²) in [5, 5.41) is 1.87. The number of halogens is 1. The number of aromatic nitrogens is 2. The second-order valence-electron chi connectivity index (χ2n) is 6.95. The average molecular weight is 412 g/mol. The van der Waals surface area contributed by atoms with E-state index in [4.69, 9.17) is 4.74 Å². The van der Waals surface area contributed by atoms with Crippen LogP contribution in [0.5, 0.6) is 0 Å². The zero-order chi connectivity index (χ0) is 20.2. The van der Waals surface area contributed by atoms with Gasteiger partial charge in [0, 0.05) is 37.3 Å². The van der Waals surface area contributed by atoms with Crippen molar-refractivity contribution in [2.24, 2.45) is 0 Å². The fourth-order valence-electron chi connectivity index (χ4n) is 3.35. The highest BCUT2D eigenvalue weighted by molar-refractivity contribution is 7.07. The van der Waals surface area contributed by atoms with E-state index in [1.54, 1.807) is 35.8 Å². The molecule has 1 aromatic carbocycles. The summed E-state index contributed by atoms with van der Waals surface area (Å²) in [7, 11) is 1.77. The highest BCUT2D eigenvalue weighted by Gasteiger charge is 2.30. The summed E-state index contributed by atoms with van der Waals surface area (Å²) in [5.74, 6) is 0.610. The summed E-state index contributed by atoms with van der Waals surface area (Å²) in [4.78, 5) is 24.8. The normalized spacial score (nSPS) is 16.1. The van der Waals surface area contributed by atoms with E-state index in [0.29, 0.717) is 6.54 Å². The molecule has 1 unspecified atom stereocenters. The van der Waals surface area contributed by atoms with Gasteiger partial charge in [-0.3, -0.25) is 0 Å². The van der Waals surface area contributed by atoms with Gasteiger partial charge in [-0.2, -0.15) is 0 Å². The van der Waals surface area contributed by atoms with Gasteiger partial charge < -0.3 is 14.5 Å². The smallest absolute Gasteiger partial charge is 0.410 e. The monoisotopic (exact) mass is 412 g/mol. The van der Waals surface area contributed by atoms with Crippen LogP contribution in [0.4, 0.5) is 15.0 Å². The molecule has 1 atom stereocenters. The third-order valence-corrected chi connectivity index (χ3v) is 5.71. The van der Waals surface area contributed by atoms with Crippen molar-refractivity contribution < 1.29 is 13.9 Å². The molecule has 6 nitrogen and oxygen atoms in total. The maximum atomic E-state index is 13.1. The number of pyridine rings is 1. The van der Waals surface area contributed by atoms with Gasteiger partial charge in [0.05, 0.1) is 17.2 Å². The van der Waals surface area contributed by atoms with E-state index in [1.165, 1.54) is 23.5 Å². The first-order chi connectivity index (χ1) is 14.1. The van der Waals surface area contributed by atoms with Crippen LogP contribution in [0.1, 0.15) is 12.1 Å². The molecule has 8 heteroatoms. The molecule has 0 N–H and O–H groups in total. The molecule has 3 heterocycles. The van der Waals surface area contributed by atoms with Gasteiger partial charge in [0.1, 0.15) is 18.2 Å². The van der Waals surface area contributed by atoms with E-state index < -0.39 is 0 Å². The van der Waals surface area contributed by atoms with Gasteiger partial charge in [-0.1, -0.05) is 12.1 Å². The van der Waals surface area contributed by atoms with Crippen LogP contribution in [-0.2, 0) is 11.3 Å². The molecule has 0 aliphatic carbocycles. The summed E-state index contributed by atoms with van der Waals surface area (Å²) >= 11 is 1.48. The van der Waals surface area contributed by atoms with Gasteiger partial charge in [-0.05, 0) is 36.2 Å². The molecule has 2 aromatic heterocycles. The van der Waals surface area contributed by atoms with Crippen molar-refractivity contribution in [3.63, 3.8) is 0 Å². The molecule has 1 saturated heterocycles. The largest absolute Gasteiger partial charge is 0.443 e. The summed E-state index contributed by atoms with van der Waals surface area (Å²) in [5.41, 5.74) is 4.34. The molecule has 29 heavy (non-hydrogen) atoms. The number of hydrogen-bond donors (Lipinski definition) is 0. The summed E-state index contributed by atoms with van der Waals surface area (Å²) in [6, 6.07) is 10.4. The minimum Gasteiger partial charge on any atom is -0.443 e. The van der Waals surface area contributed by atoms with Crippen LogP contribution in [0.25, 0.3) is 11.1 Å². The number of hydrogen-bond acceptors (Lipinski definition) is 6. The zero-order valence-electron chi connectivity index (χ0n) is 16.0. The molecule has 150 valence electrons. The fraction of sp³-hybridized carbons (Fsp3) is 0.286. The lowest BCUT2D eigenvalue weighted by atomic mass is 10.1. The van der Waals surface area contributed by atoms with Crippen LogP contribution in [0, 0.1) is 5.82 Å². The predicted octanol–water partition coefficient (Wildman–Crippen LogP) is 4.19. The van der Waals surface area contributed by atoms with Crippen molar-refractivity contribution in [2.45, 2.75) is 19.1 Å². The van der Waals surface area contributed by atoms with Gasteiger partial charge in [0.25, 0.3) is 0 Å². The number of carbonyl (C=O) groups is 1. The Bertz CT molecular complexity index is 948. The maximum Gasteiger partial charge on any atom is 0.410 e. The van der Waals surface area contributed by atoms with Crippen LogP contribution < -0.4 is 4.90 Å². The Morgan fingerprint density at radius 1 is 1.24 bits per heavy atom. The number of rotatable bonds is 5. The third-order valence-electron chi connectivity index (χ3n) is 5.08. The Morgan fingerprint density at radius 2 is 2.03 bits per heavy atom. The average Bonchev–Trinajstić information content (AvgIpc) is 3.44. The molecule has 0 bridgehead atoms. The van der Waals surface area contributed by atoms with Crippen LogP contribution in [0.2, 0.25) is 0 Å². The first-order valence-electron chi connectivity index (χ1n) is 9.34. The summed E-state index contributed by atoms with van der Waals surface area (Å²) < 4.78 is 18.4. The molecular formula is C21H21FN4O2S. The molecule has 0 saturated carbocycles. The minimum absolute atomic E-state index is 0.0662. The van der Waals surface area contributed by atoms with Crippen molar-refractivity contribution in [3.05, 3.63) is 65.0 Å². The molecule has 1 fully saturated rings. The van der Waals surface area contributed by atoms with E-state index in [-0.39, 0.29) is 24.6 Å². The van der Waals surface area contributed by atoms with Crippen molar-refractivity contribution in [2.75, 3.05) is 25.0 Å². The van der Waals surface area contributed by atoms with Crippen molar-refractivity contribution >= 4 is 23.2 Å². The maximum absolute atomic E-state index is 13.1. The standard InChI is InChI=1S/C21H21FN4O2S/c1-25(21(27)28-12-18-13-29-14-24-18)19-8-9-26(11-19)20-7-4-16(10-23-20)15-2-5-17(22)6-3-15/h2-7,10,13-14,19H,8-9,11-12H2,1H3. The second kappa shape index (κ2) is 8.57. The molecule has 1 amide bonds. The van der Waals surface area contributed by atoms with E-state index >= 15 is 0 Å². The lowest BCUT2D eigenvalue weighted by Gasteiger charge is -2.24. The highest BCUT2D eigenvalue weighted by atomic mass is 32.1. The first kappa shape index (κ1) is 19.3. The Labute approximate surface area is 172 Å². The lowest BCUT2D eigenvalue weighted by Crippen LogP contribution is -2.39.